The summed E-state index contributed by atoms with van der Waals surface area (Å²) in [6.07, 6.45) is -2.79. The Labute approximate surface area is 216 Å². The second-order valence-electron chi connectivity index (χ2n) is 7.22. The molecule has 1 saturated carbocycles. The minimum atomic E-state index is -5.05. The van der Waals surface area contributed by atoms with Crippen molar-refractivity contribution in [1.82, 2.24) is 4.90 Å². The average Bonchev–Trinajstić information content (AvgIpc) is 3.54. The quantitative estimate of drug-likeness (QED) is 0.418. The molecule has 4 rings (SSSR count). The minimum Gasteiger partial charge on any atom is -0.493 e. The number of para-hydroxylation sites is 2. The van der Waals surface area contributed by atoms with Crippen LogP contribution in [0.15, 0.2) is 29.6 Å². The molecule has 0 atom stereocenters. The zero-order valence-electron chi connectivity index (χ0n) is 20.4. The summed E-state index contributed by atoms with van der Waals surface area (Å²) >= 11 is 2.41. The van der Waals surface area contributed by atoms with E-state index in [9.17, 15) is 27.6 Å². The number of thiophene rings is 1. The molecule has 0 radical (unpaired) electrons. The van der Waals surface area contributed by atoms with Crippen LogP contribution >= 0.6 is 23.1 Å². The third-order valence-electron chi connectivity index (χ3n) is 4.77. The minimum absolute atomic E-state index is 0.0499. The maximum Gasteiger partial charge on any atom is 0.471 e. The maximum atomic E-state index is 12.3. The van der Waals surface area contributed by atoms with E-state index in [1.165, 1.54) is 5.38 Å². The number of halogens is 3. The zero-order valence-corrected chi connectivity index (χ0v) is 22.1. The van der Waals surface area contributed by atoms with E-state index < -0.39 is 23.9 Å². The van der Waals surface area contributed by atoms with Crippen LogP contribution in [0.25, 0.3) is 0 Å². The third kappa shape index (κ3) is 7.63. The third-order valence-corrected chi connectivity index (χ3v) is 7.03. The van der Waals surface area contributed by atoms with Gasteiger partial charge < -0.3 is 14.8 Å². The summed E-state index contributed by atoms with van der Waals surface area (Å²) in [4.78, 5) is 36.5. The molecular weight excluding hydrogens is 517 g/mol. The molecule has 1 aromatic heterocycles. The number of carbonyl (C=O) groups excluding carboxylic acids is 3. The highest BCUT2D eigenvalue weighted by molar-refractivity contribution is 8.00. The molecule has 12 heteroatoms. The lowest BCUT2D eigenvalue weighted by Gasteiger charge is -2.14. The second kappa shape index (κ2) is 13.5. The van der Waals surface area contributed by atoms with E-state index in [2.05, 4.69) is 0 Å². The molecule has 0 spiro atoms. The van der Waals surface area contributed by atoms with E-state index in [4.69, 9.17) is 9.47 Å². The van der Waals surface area contributed by atoms with Crippen molar-refractivity contribution in [2.24, 2.45) is 0 Å². The molecule has 2 heterocycles. The standard InChI is InChI=1S/C13H11F3N2O3S2.C9H12O2.C2H6/c14-13(15,16)12(21)17-9-8-7(5-23-9)10(19)18(11(8)20)3-4-22-6-1-2-6;1-3-11-9-7-5-4-6-8(9)10-2;1-2/h5-6H,1-4H2,(H,17,21);4-7H,3H2,1-2H3;1-2H3. The molecular formula is C24H29F3N2O5S2. The lowest BCUT2D eigenvalue weighted by Crippen LogP contribution is -2.33. The van der Waals surface area contributed by atoms with E-state index in [0.717, 1.165) is 40.6 Å². The van der Waals surface area contributed by atoms with Crippen LogP contribution in [0.2, 0.25) is 0 Å². The number of alkyl halides is 3. The van der Waals surface area contributed by atoms with Gasteiger partial charge in [-0.25, -0.2) is 0 Å². The number of nitrogens with one attached hydrogen (secondary N) is 1. The lowest BCUT2D eigenvalue weighted by molar-refractivity contribution is -0.167. The molecule has 198 valence electrons. The molecule has 1 aromatic carbocycles. The van der Waals surface area contributed by atoms with Crippen LogP contribution in [0.1, 0.15) is 54.3 Å². The number of hydrogen-bond acceptors (Lipinski definition) is 7. The van der Waals surface area contributed by atoms with Crippen molar-refractivity contribution >= 4 is 45.8 Å². The lowest BCUT2D eigenvalue weighted by atomic mass is 10.2. The molecule has 2 aliphatic rings. The number of ether oxygens (including phenoxy) is 2. The summed E-state index contributed by atoms with van der Waals surface area (Å²) in [5, 5.41) is 3.31. The number of methoxy groups -OCH3 is 1. The summed E-state index contributed by atoms with van der Waals surface area (Å²) in [6.45, 7) is 6.83. The van der Waals surface area contributed by atoms with Crippen LogP contribution in [-0.2, 0) is 4.79 Å². The number of nitrogens with zero attached hydrogens (tertiary/aromatic N) is 1. The molecule has 0 bridgehead atoms. The highest BCUT2D eigenvalue weighted by Crippen LogP contribution is 2.37. The highest BCUT2D eigenvalue weighted by atomic mass is 32.2. The maximum absolute atomic E-state index is 12.3. The Kier molecular flexibility index (Phi) is 11.1. The van der Waals surface area contributed by atoms with E-state index in [0.29, 0.717) is 17.6 Å². The van der Waals surface area contributed by atoms with Gasteiger partial charge in [-0.15, -0.1) is 11.3 Å². The zero-order chi connectivity index (χ0) is 26.9. The molecule has 1 N–H and O–H groups in total. The van der Waals surface area contributed by atoms with E-state index in [1.807, 2.05) is 45.0 Å². The first kappa shape index (κ1) is 29.5. The average molecular weight is 547 g/mol. The van der Waals surface area contributed by atoms with Gasteiger partial charge in [0.2, 0.25) is 0 Å². The molecule has 1 aliphatic carbocycles. The van der Waals surface area contributed by atoms with Gasteiger partial charge in [0.15, 0.2) is 11.5 Å². The van der Waals surface area contributed by atoms with Gasteiger partial charge in [0.05, 0.1) is 24.8 Å². The largest absolute Gasteiger partial charge is 0.493 e. The fraction of sp³-hybridized carbons (Fsp3) is 0.458. The van der Waals surface area contributed by atoms with E-state index >= 15 is 0 Å². The van der Waals surface area contributed by atoms with Crippen molar-refractivity contribution in [3.8, 4) is 11.5 Å². The Balaban J connectivity index is 0.000000295. The predicted octanol–water partition coefficient (Wildman–Crippen LogP) is 5.86. The van der Waals surface area contributed by atoms with E-state index in [1.54, 1.807) is 24.2 Å². The molecule has 2 aromatic rings. The van der Waals surface area contributed by atoms with Crippen LogP contribution in [0, 0.1) is 0 Å². The van der Waals surface area contributed by atoms with Gasteiger partial charge >= 0.3 is 12.1 Å². The first-order chi connectivity index (χ1) is 17.2. The van der Waals surface area contributed by atoms with Gasteiger partial charge in [-0.1, -0.05) is 26.0 Å². The Morgan fingerprint density at radius 3 is 2.36 bits per heavy atom. The second-order valence-corrected chi connectivity index (χ2v) is 9.51. The fourth-order valence-corrected chi connectivity index (χ4v) is 5.02. The number of thioether (sulfide) groups is 1. The van der Waals surface area contributed by atoms with Crippen molar-refractivity contribution in [2.45, 2.75) is 45.0 Å². The van der Waals surface area contributed by atoms with Crippen molar-refractivity contribution in [2.75, 3.05) is 31.3 Å². The Morgan fingerprint density at radius 1 is 1.17 bits per heavy atom. The van der Waals surface area contributed by atoms with Gasteiger partial charge in [0, 0.05) is 22.9 Å². The van der Waals surface area contributed by atoms with Crippen molar-refractivity contribution < 1.29 is 37.0 Å². The molecule has 1 aliphatic heterocycles. The number of benzene rings is 1. The van der Waals surface area contributed by atoms with E-state index in [-0.39, 0.29) is 22.7 Å². The summed E-state index contributed by atoms with van der Waals surface area (Å²) < 4.78 is 47.3. The number of fused-ring (bicyclic) bond motifs is 1. The topological polar surface area (TPSA) is 84.9 Å². The van der Waals surface area contributed by atoms with Gasteiger partial charge in [0.25, 0.3) is 11.8 Å². The fourth-order valence-electron chi connectivity index (χ4n) is 3.01. The molecule has 0 unspecified atom stereocenters. The van der Waals surface area contributed by atoms with Crippen LogP contribution in [0.3, 0.4) is 0 Å². The van der Waals surface area contributed by atoms with Crippen LogP contribution in [0.5, 0.6) is 11.5 Å². The van der Waals surface area contributed by atoms with Gasteiger partial charge in [-0.2, -0.15) is 24.9 Å². The number of carbonyl (C=O) groups is 3. The summed E-state index contributed by atoms with van der Waals surface area (Å²) in [7, 11) is 1.64. The van der Waals surface area contributed by atoms with Gasteiger partial charge in [0.1, 0.15) is 5.00 Å². The first-order valence-electron chi connectivity index (χ1n) is 11.4. The van der Waals surface area contributed by atoms with Crippen molar-refractivity contribution in [3.05, 3.63) is 40.8 Å². The SMILES string of the molecule is CC.CCOc1ccccc1OC.O=C1c2csc(NC(=O)C(F)(F)F)c2C(=O)N1CCSC1CC1. The monoisotopic (exact) mass is 546 g/mol. The van der Waals surface area contributed by atoms with Gasteiger partial charge in [-0.3, -0.25) is 19.3 Å². The Bertz CT molecular complexity index is 1050. The number of anilines is 1. The summed E-state index contributed by atoms with van der Waals surface area (Å²) in [6, 6.07) is 7.61. The first-order valence-corrected chi connectivity index (χ1v) is 13.3. The molecule has 0 saturated heterocycles. The Hall–Kier alpha value is -2.73. The normalized spacial score (nSPS) is 14.2. The summed E-state index contributed by atoms with van der Waals surface area (Å²) in [5.41, 5.74) is -0.0945. The van der Waals surface area contributed by atoms with Gasteiger partial charge in [-0.05, 0) is 31.9 Å². The van der Waals surface area contributed by atoms with Crippen molar-refractivity contribution in [1.29, 1.82) is 0 Å². The molecule has 7 nitrogen and oxygen atoms in total. The summed E-state index contributed by atoms with van der Waals surface area (Å²) in [5.74, 6) is -1.15. The molecule has 36 heavy (non-hydrogen) atoms. The van der Waals surface area contributed by atoms with Crippen LogP contribution in [-0.4, -0.2) is 60.1 Å². The number of amides is 3. The smallest absolute Gasteiger partial charge is 0.471 e. The molecule has 3 amide bonds. The Morgan fingerprint density at radius 2 is 1.81 bits per heavy atom. The number of hydrogen-bond donors (Lipinski definition) is 1. The molecule has 1 fully saturated rings. The predicted molar refractivity (Wildman–Crippen MR) is 135 cm³/mol. The number of rotatable bonds is 8. The number of imide groups is 1. The van der Waals surface area contributed by atoms with Crippen LogP contribution in [0.4, 0.5) is 18.2 Å². The van der Waals surface area contributed by atoms with Crippen molar-refractivity contribution in [3.63, 3.8) is 0 Å². The van der Waals surface area contributed by atoms with Crippen LogP contribution < -0.4 is 14.8 Å². The highest BCUT2D eigenvalue weighted by Gasteiger charge is 2.43.